The van der Waals surface area contributed by atoms with Gasteiger partial charge in [0.1, 0.15) is 0 Å². The van der Waals surface area contributed by atoms with Crippen molar-refractivity contribution >= 4 is 11.8 Å². The maximum atomic E-state index is 2.25. The first kappa shape index (κ1) is 15.1. The lowest BCUT2D eigenvalue weighted by Gasteiger charge is -2.10. The van der Waals surface area contributed by atoms with Crippen molar-refractivity contribution in [2.75, 3.05) is 14.1 Å². The molecule has 0 aromatic heterocycles. The predicted octanol–water partition coefficient (Wildman–Crippen LogP) is 4.66. The lowest BCUT2D eigenvalue weighted by molar-refractivity contribution is 0.402. The molecule has 0 bridgehead atoms. The largest absolute Gasteiger partial charge is 0.305 e. The Kier molecular flexibility index (Phi) is 5.27. The van der Waals surface area contributed by atoms with Crippen LogP contribution in [0, 0.1) is 13.8 Å². The normalized spacial score (nSPS) is 11.1. The summed E-state index contributed by atoms with van der Waals surface area (Å²) in [5.41, 5.74) is 5.46. The van der Waals surface area contributed by atoms with E-state index in [2.05, 4.69) is 75.3 Å². The minimum Gasteiger partial charge on any atom is -0.305 e. The average molecular weight is 285 g/mol. The molecule has 0 fully saturated rings. The van der Waals surface area contributed by atoms with Crippen molar-refractivity contribution in [3.05, 3.63) is 64.7 Å². The Balaban J connectivity index is 1.96. The minimum atomic E-state index is 1.00. The standard InChI is InChI=1S/C18H23NS/c1-14-5-10-18(15(2)11-14)20-13-17-8-6-16(7-9-17)12-19(3)4/h5-11H,12-13H2,1-4H3. The molecule has 2 heteroatoms. The first-order valence-electron chi connectivity index (χ1n) is 6.97. The van der Waals surface area contributed by atoms with Crippen LogP contribution >= 0.6 is 11.8 Å². The van der Waals surface area contributed by atoms with E-state index < -0.39 is 0 Å². The van der Waals surface area contributed by atoms with Gasteiger partial charge < -0.3 is 4.90 Å². The highest BCUT2D eigenvalue weighted by Crippen LogP contribution is 2.26. The number of aryl methyl sites for hydroxylation is 2. The Labute approximate surface area is 127 Å². The summed E-state index contributed by atoms with van der Waals surface area (Å²) in [6.45, 7) is 5.34. The van der Waals surface area contributed by atoms with Gasteiger partial charge in [-0.15, -0.1) is 11.8 Å². The fourth-order valence-electron chi connectivity index (χ4n) is 2.23. The van der Waals surface area contributed by atoms with Gasteiger partial charge in [-0.3, -0.25) is 0 Å². The van der Waals surface area contributed by atoms with E-state index in [1.807, 2.05) is 11.8 Å². The Morgan fingerprint density at radius 3 is 2.15 bits per heavy atom. The molecular formula is C18H23NS. The van der Waals surface area contributed by atoms with E-state index in [1.165, 1.54) is 27.1 Å². The zero-order chi connectivity index (χ0) is 14.5. The van der Waals surface area contributed by atoms with Crippen molar-refractivity contribution in [3.8, 4) is 0 Å². The van der Waals surface area contributed by atoms with Gasteiger partial charge in [0.15, 0.2) is 0 Å². The van der Waals surface area contributed by atoms with Crippen molar-refractivity contribution in [1.29, 1.82) is 0 Å². The predicted molar refractivity (Wildman–Crippen MR) is 89.3 cm³/mol. The summed E-state index contributed by atoms with van der Waals surface area (Å²) in [7, 11) is 4.20. The highest BCUT2D eigenvalue weighted by Gasteiger charge is 2.01. The fraction of sp³-hybridized carbons (Fsp3) is 0.333. The number of hydrogen-bond acceptors (Lipinski definition) is 2. The Morgan fingerprint density at radius 1 is 0.900 bits per heavy atom. The number of thioether (sulfide) groups is 1. The first-order chi connectivity index (χ1) is 9.54. The minimum absolute atomic E-state index is 1.00. The zero-order valence-electron chi connectivity index (χ0n) is 12.8. The van der Waals surface area contributed by atoms with E-state index in [1.54, 1.807) is 0 Å². The Morgan fingerprint density at radius 2 is 1.55 bits per heavy atom. The van der Waals surface area contributed by atoms with Gasteiger partial charge >= 0.3 is 0 Å². The maximum Gasteiger partial charge on any atom is 0.0232 e. The third-order valence-corrected chi connectivity index (χ3v) is 4.49. The molecule has 0 saturated heterocycles. The highest BCUT2D eigenvalue weighted by molar-refractivity contribution is 7.98. The van der Waals surface area contributed by atoms with Crippen LogP contribution in [0.2, 0.25) is 0 Å². The summed E-state index contributed by atoms with van der Waals surface area (Å²) in [4.78, 5) is 3.58. The second-order valence-corrected chi connectivity index (χ2v) is 6.63. The molecule has 0 aliphatic carbocycles. The highest BCUT2D eigenvalue weighted by atomic mass is 32.2. The van der Waals surface area contributed by atoms with Crippen molar-refractivity contribution in [2.24, 2.45) is 0 Å². The van der Waals surface area contributed by atoms with Crippen LogP contribution in [0.5, 0.6) is 0 Å². The van der Waals surface area contributed by atoms with Gasteiger partial charge in [-0.2, -0.15) is 0 Å². The van der Waals surface area contributed by atoms with Crippen LogP contribution in [0.3, 0.4) is 0 Å². The summed E-state index contributed by atoms with van der Waals surface area (Å²) in [6, 6.07) is 15.6. The monoisotopic (exact) mass is 285 g/mol. The Hall–Kier alpha value is -1.25. The molecule has 2 aromatic carbocycles. The molecule has 0 aliphatic heterocycles. The quantitative estimate of drug-likeness (QED) is 0.735. The summed E-state index contributed by atoms with van der Waals surface area (Å²) >= 11 is 1.92. The fourth-order valence-corrected chi connectivity index (χ4v) is 3.19. The molecule has 0 aliphatic rings. The van der Waals surface area contributed by atoms with Crippen LogP contribution in [0.15, 0.2) is 47.4 Å². The lowest BCUT2D eigenvalue weighted by Crippen LogP contribution is -2.10. The topological polar surface area (TPSA) is 3.24 Å². The van der Waals surface area contributed by atoms with E-state index in [0.717, 1.165) is 12.3 Å². The first-order valence-corrected chi connectivity index (χ1v) is 7.96. The van der Waals surface area contributed by atoms with Crippen LogP contribution in [0.4, 0.5) is 0 Å². The molecule has 20 heavy (non-hydrogen) atoms. The van der Waals surface area contributed by atoms with Crippen molar-refractivity contribution < 1.29 is 0 Å². The molecule has 2 aromatic rings. The SMILES string of the molecule is Cc1ccc(SCc2ccc(CN(C)C)cc2)c(C)c1. The van der Waals surface area contributed by atoms with E-state index in [4.69, 9.17) is 0 Å². The van der Waals surface area contributed by atoms with E-state index >= 15 is 0 Å². The van der Waals surface area contributed by atoms with Crippen molar-refractivity contribution in [2.45, 2.75) is 31.0 Å². The van der Waals surface area contributed by atoms with Gasteiger partial charge in [-0.25, -0.2) is 0 Å². The number of benzene rings is 2. The van der Waals surface area contributed by atoms with E-state index in [9.17, 15) is 0 Å². The molecule has 0 spiro atoms. The second-order valence-electron chi connectivity index (χ2n) is 5.61. The van der Waals surface area contributed by atoms with E-state index in [-0.39, 0.29) is 0 Å². The molecule has 0 unspecified atom stereocenters. The van der Waals surface area contributed by atoms with Gasteiger partial charge in [0.05, 0.1) is 0 Å². The van der Waals surface area contributed by atoms with Gasteiger partial charge in [0, 0.05) is 17.2 Å². The second kappa shape index (κ2) is 6.96. The summed E-state index contributed by atoms with van der Waals surface area (Å²) in [5.74, 6) is 1.03. The molecule has 0 amide bonds. The van der Waals surface area contributed by atoms with Gasteiger partial charge in [-0.05, 0) is 50.7 Å². The van der Waals surface area contributed by atoms with Crippen LogP contribution in [0.25, 0.3) is 0 Å². The van der Waals surface area contributed by atoms with Gasteiger partial charge in [0.2, 0.25) is 0 Å². The molecular weight excluding hydrogens is 262 g/mol. The molecule has 0 saturated carbocycles. The summed E-state index contributed by atoms with van der Waals surface area (Å²) < 4.78 is 0. The summed E-state index contributed by atoms with van der Waals surface area (Å²) in [6.07, 6.45) is 0. The molecule has 106 valence electrons. The number of nitrogens with zero attached hydrogens (tertiary/aromatic N) is 1. The van der Waals surface area contributed by atoms with Crippen LogP contribution in [-0.2, 0) is 12.3 Å². The van der Waals surface area contributed by atoms with Gasteiger partial charge in [0.25, 0.3) is 0 Å². The molecule has 1 nitrogen and oxygen atoms in total. The lowest BCUT2D eigenvalue weighted by atomic mass is 10.1. The molecule has 2 rings (SSSR count). The number of hydrogen-bond donors (Lipinski definition) is 0. The third kappa shape index (κ3) is 4.39. The van der Waals surface area contributed by atoms with Crippen LogP contribution in [0.1, 0.15) is 22.3 Å². The van der Waals surface area contributed by atoms with Crippen LogP contribution in [-0.4, -0.2) is 19.0 Å². The summed E-state index contributed by atoms with van der Waals surface area (Å²) in [5, 5.41) is 0. The zero-order valence-corrected chi connectivity index (χ0v) is 13.6. The Bertz CT molecular complexity index is 558. The molecule has 0 heterocycles. The van der Waals surface area contributed by atoms with Crippen molar-refractivity contribution in [1.82, 2.24) is 4.90 Å². The van der Waals surface area contributed by atoms with Gasteiger partial charge in [-0.1, -0.05) is 42.0 Å². The maximum absolute atomic E-state index is 2.25. The van der Waals surface area contributed by atoms with Crippen molar-refractivity contribution in [3.63, 3.8) is 0 Å². The average Bonchev–Trinajstić information content (AvgIpc) is 2.39. The third-order valence-electron chi connectivity index (χ3n) is 3.25. The molecule has 0 N–H and O–H groups in total. The molecule has 0 atom stereocenters. The molecule has 0 radical (unpaired) electrons. The number of rotatable bonds is 5. The van der Waals surface area contributed by atoms with E-state index in [0.29, 0.717) is 0 Å². The smallest absolute Gasteiger partial charge is 0.0232 e. The van der Waals surface area contributed by atoms with Crippen LogP contribution < -0.4 is 0 Å².